The maximum atomic E-state index is 12.7. The number of carbonyl (C=O) groups is 1. The largest absolute Gasteiger partial charge is 0.492 e. The molecule has 0 radical (unpaired) electrons. The molecule has 0 saturated heterocycles. The van der Waals surface area contributed by atoms with Gasteiger partial charge in [-0.15, -0.1) is 0 Å². The van der Waals surface area contributed by atoms with E-state index < -0.39 is 0 Å². The first-order chi connectivity index (χ1) is 14.7. The molecule has 1 aromatic carbocycles. The van der Waals surface area contributed by atoms with Gasteiger partial charge in [0, 0.05) is 37.8 Å². The van der Waals surface area contributed by atoms with Crippen LogP contribution >= 0.6 is 0 Å². The maximum Gasteiger partial charge on any atom is 0.346 e. The Morgan fingerprint density at radius 1 is 1.17 bits per heavy atom. The standard InChI is InChI=1S/C21H26N6O3/c28-20(22-11-14-25-12-4-10-23-25)17-7-8-19-24-27(21(29)26(19)13-9-17)15-16-30-18-5-2-1-3-6-18/h1-6,10,12,17H,7-9,11,13-16H2,(H,22,28). The Morgan fingerprint density at radius 3 is 2.83 bits per heavy atom. The topological polar surface area (TPSA) is 96.0 Å². The van der Waals surface area contributed by atoms with Gasteiger partial charge in [0.15, 0.2) is 0 Å². The minimum Gasteiger partial charge on any atom is -0.492 e. The number of nitrogens with zero attached hydrogens (tertiary/aromatic N) is 5. The lowest BCUT2D eigenvalue weighted by Gasteiger charge is -2.14. The number of aromatic nitrogens is 5. The second-order valence-electron chi connectivity index (χ2n) is 7.32. The van der Waals surface area contributed by atoms with Crippen LogP contribution in [-0.2, 0) is 30.8 Å². The van der Waals surface area contributed by atoms with Gasteiger partial charge in [0.1, 0.15) is 18.2 Å². The van der Waals surface area contributed by atoms with E-state index >= 15 is 0 Å². The summed E-state index contributed by atoms with van der Waals surface area (Å²) < 4.78 is 10.6. The summed E-state index contributed by atoms with van der Waals surface area (Å²) in [5.74, 6) is 1.43. The van der Waals surface area contributed by atoms with Gasteiger partial charge >= 0.3 is 5.69 Å². The number of ether oxygens (including phenoxy) is 1. The number of para-hydroxylation sites is 1. The maximum absolute atomic E-state index is 12.7. The number of fused-ring (bicyclic) bond motifs is 1. The fourth-order valence-electron chi connectivity index (χ4n) is 3.67. The van der Waals surface area contributed by atoms with Gasteiger partial charge < -0.3 is 10.1 Å². The van der Waals surface area contributed by atoms with Gasteiger partial charge in [0.05, 0.1) is 13.1 Å². The van der Waals surface area contributed by atoms with Crippen LogP contribution in [0.1, 0.15) is 18.7 Å². The van der Waals surface area contributed by atoms with E-state index in [4.69, 9.17) is 4.74 Å². The Labute approximate surface area is 174 Å². The number of aryl methyl sites for hydroxylation is 1. The molecular formula is C21H26N6O3. The molecule has 1 amide bonds. The summed E-state index contributed by atoms with van der Waals surface area (Å²) in [5, 5.41) is 11.6. The summed E-state index contributed by atoms with van der Waals surface area (Å²) in [6.07, 6.45) is 5.51. The van der Waals surface area contributed by atoms with E-state index in [2.05, 4.69) is 15.5 Å². The van der Waals surface area contributed by atoms with E-state index in [9.17, 15) is 9.59 Å². The summed E-state index contributed by atoms with van der Waals surface area (Å²) in [5.41, 5.74) is -0.138. The first kappa shape index (κ1) is 19.9. The summed E-state index contributed by atoms with van der Waals surface area (Å²) >= 11 is 0. The van der Waals surface area contributed by atoms with Gasteiger partial charge in [-0.05, 0) is 31.0 Å². The van der Waals surface area contributed by atoms with E-state index in [1.807, 2.05) is 42.6 Å². The van der Waals surface area contributed by atoms with E-state index in [-0.39, 0.29) is 17.5 Å². The van der Waals surface area contributed by atoms with Gasteiger partial charge in [0.25, 0.3) is 0 Å². The van der Waals surface area contributed by atoms with E-state index in [0.717, 1.165) is 11.6 Å². The van der Waals surface area contributed by atoms with Crippen molar-refractivity contribution in [2.45, 2.75) is 38.9 Å². The van der Waals surface area contributed by atoms with Crippen LogP contribution < -0.4 is 15.7 Å². The van der Waals surface area contributed by atoms with E-state index in [0.29, 0.717) is 52.0 Å². The lowest BCUT2D eigenvalue weighted by Crippen LogP contribution is -2.34. The number of hydrogen-bond acceptors (Lipinski definition) is 5. The van der Waals surface area contributed by atoms with Crippen molar-refractivity contribution >= 4 is 5.91 Å². The second kappa shape index (κ2) is 9.43. The number of rotatable bonds is 8. The monoisotopic (exact) mass is 410 g/mol. The molecule has 4 rings (SSSR count). The third-order valence-corrected chi connectivity index (χ3v) is 5.30. The molecule has 1 atom stereocenters. The minimum atomic E-state index is -0.138. The highest BCUT2D eigenvalue weighted by Crippen LogP contribution is 2.18. The molecule has 158 valence electrons. The van der Waals surface area contributed by atoms with Gasteiger partial charge in [-0.3, -0.25) is 14.0 Å². The van der Waals surface area contributed by atoms with Crippen molar-refractivity contribution < 1.29 is 9.53 Å². The van der Waals surface area contributed by atoms with Crippen LogP contribution in [0.3, 0.4) is 0 Å². The number of benzene rings is 1. The molecule has 0 spiro atoms. The first-order valence-electron chi connectivity index (χ1n) is 10.3. The molecule has 0 saturated carbocycles. The van der Waals surface area contributed by atoms with E-state index in [1.165, 1.54) is 4.68 Å². The van der Waals surface area contributed by atoms with Crippen LogP contribution in [-0.4, -0.2) is 43.2 Å². The average Bonchev–Trinajstić information content (AvgIpc) is 3.31. The average molecular weight is 410 g/mol. The van der Waals surface area contributed by atoms with Crippen molar-refractivity contribution in [1.29, 1.82) is 0 Å². The zero-order valence-corrected chi connectivity index (χ0v) is 16.8. The molecule has 3 heterocycles. The normalized spacial score (nSPS) is 15.9. The molecule has 2 aromatic heterocycles. The summed E-state index contributed by atoms with van der Waals surface area (Å²) in [4.78, 5) is 25.2. The predicted octanol–water partition coefficient (Wildman–Crippen LogP) is 1.09. The molecular weight excluding hydrogens is 384 g/mol. The number of nitrogens with one attached hydrogen (secondary N) is 1. The molecule has 30 heavy (non-hydrogen) atoms. The van der Waals surface area contributed by atoms with Crippen LogP contribution in [0.2, 0.25) is 0 Å². The van der Waals surface area contributed by atoms with Gasteiger partial charge in [-0.1, -0.05) is 18.2 Å². The third-order valence-electron chi connectivity index (χ3n) is 5.30. The molecule has 1 unspecified atom stereocenters. The Bertz CT molecular complexity index is 1010. The van der Waals surface area contributed by atoms with Crippen molar-refractivity contribution in [3.63, 3.8) is 0 Å². The molecule has 0 bridgehead atoms. The Morgan fingerprint density at radius 2 is 2.03 bits per heavy atom. The molecule has 9 heteroatoms. The van der Waals surface area contributed by atoms with Crippen LogP contribution in [0.15, 0.2) is 53.6 Å². The van der Waals surface area contributed by atoms with Crippen molar-refractivity contribution in [2.75, 3.05) is 13.2 Å². The number of carbonyl (C=O) groups excluding carboxylic acids is 1. The van der Waals surface area contributed by atoms with Gasteiger partial charge in [0.2, 0.25) is 5.91 Å². The SMILES string of the molecule is O=C(NCCn1cccn1)C1CCc2nn(CCOc3ccccc3)c(=O)n2CC1. The fraction of sp³-hybridized carbons (Fsp3) is 0.429. The van der Waals surface area contributed by atoms with Crippen LogP contribution in [0.4, 0.5) is 0 Å². The first-order valence-corrected chi connectivity index (χ1v) is 10.3. The van der Waals surface area contributed by atoms with Crippen LogP contribution in [0, 0.1) is 5.92 Å². The zero-order valence-electron chi connectivity index (χ0n) is 16.8. The smallest absolute Gasteiger partial charge is 0.346 e. The minimum absolute atomic E-state index is 0.0319. The van der Waals surface area contributed by atoms with Crippen LogP contribution in [0.5, 0.6) is 5.75 Å². The Balaban J connectivity index is 1.27. The number of amides is 1. The fourth-order valence-corrected chi connectivity index (χ4v) is 3.67. The summed E-state index contributed by atoms with van der Waals surface area (Å²) in [6.45, 7) is 2.45. The molecule has 0 aliphatic carbocycles. The lowest BCUT2D eigenvalue weighted by atomic mass is 9.99. The Hall–Kier alpha value is -3.36. The highest BCUT2D eigenvalue weighted by molar-refractivity contribution is 5.78. The van der Waals surface area contributed by atoms with Gasteiger partial charge in [-0.2, -0.15) is 10.2 Å². The van der Waals surface area contributed by atoms with Crippen molar-refractivity contribution in [3.8, 4) is 5.75 Å². The Kier molecular flexibility index (Phi) is 6.26. The van der Waals surface area contributed by atoms with Crippen molar-refractivity contribution in [2.24, 2.45) is 5.92 Å². The van der Waals surface area contributed by atoms with Gasteiger partial charge in [-0.25, -0.2) is 9.48 Å². The third kappa shape index (κ3) is 4.79. The highest BCUT2D eigenvalue weighted by Gasteiger charge is 2.25. The van der Waals surface area contributed by atoms with Crippen molar-refractivity contribution in [1.82, 2.24) is 29.4 Å². The van der Waals surface area contributed by atoms with Crippen LogP contribution in [0.25, 0.3) is 0 Å². The van der Waals surface area contributed by atoms with Crippen molar-refractivity contribution in [3.05, 3.63) is 65.1 Å². The molecule has 9 nitrogen and oxygen atoms in total. The number of hydrogen-bond donors (Lipinski definition) is 1. The molecule has 0 fully saturated rings. The summed E-state index contributed by atoms with van der Waals surface area (Å²) in [6, 6.07) is 11.4. The quantitative estimate of drug-likeness (QED) is 0.600. The highest BCUT2D eigenvalue weighted by atomic mass is 16.5. The van der Waals surface area contributed by atoms with E-state index in [1.54, 1.807) is 15.4 Å². The zero-order chi connectivity index (χ0) is 20.8. The molecule has 1 N–H and O–H groups in total. The predicted molar refractivity (Wildman–Crippen MR) is 110 cm³/mol. The summed E-state index contributed by atoms with van der Waals surface area (Å²) in [7, 11) is 0. The molecule has 3 aromatic rings. The second-order valence-corrected chi connectivity index (χ2v) is 7.32. The lowest BCUT2D eigenvalue weighted by molar-refractivity contribution is -0.125. The molecule has 1 aliphatic rings. The molecule has 1 aliphatic heterocycles.